The van der Waals surface area contributed by atoms with E-state index in [4.69, 9.17) is 0 Å². The maximum Gasteiger partial charge on any atom is 0.279 e. The number of carbonyl (C=O) groups is 1. The smallest absolute Gasteiger partial charge is 0.267 e. The minimum Gasteiger partial charge on any atom is -0.267 e. The molecule has 0 saturated carbocycles. The molecule has 0 radical (unpaired) electrons. The Morgan fingerprint density at radius 3 is 2.13 bits per heavy atom. The largest absolute Gasteiger partial charge is 0.279 e. The molecule has 1 heterocycles. The average Bonchev–Trinajstić information content (AvgIpc) is 3.00. The monoisotopic (exact) mass is 330 g/mol. The zero-order valence-electron chi connectivity index (χ0n) is 12.2. The zero-order valence-corrected chi connectivity index (χ0v) is 13.0. The third-order valence-corrected chi connectivity index (χ3v) is 4.02. The van der Waals surface area contributed by atoms with E-state index in [0.29, 0.717) is 21.8 Å². The summed E-state index contributed by atoms with van der Waals surface area (Å²) in [5, 5.41) is 4.96. The van der Waals surface area contributed by atoms with E-state index in [1.165, 1.54) is 52.8 Å². The maximum absolute atomic E-state index is 13.0. The molecule has 3 nitrogen and oxygen atoms in total. The predicted octanol–water partition coefficient (Wildman–Crippen LogP) is 4.24. The number of hydrogen-bond acceptors (Lipinski definition) is 3. The fourth-order valence-corrected chi connectivity index (χ4v) is 2.66. The quantitative estimate of drug-likeness (QED) is 0.674. The Bertz CT molecular complexity index is 842. The van der Waals surface area contributed by atoms with Gasteiger partial charge in [-0.15, -0.1) is 11.8 Å². The van der Waals surface area contributed by atoms with Crippen molar-refractivity contribution in [2.24, 2.45) is 0 Å². The van der Waals surface area contributed by atoms with Crippen LogP contribution in [0.3, 0.4) is 0 Å². The van der Waals surface area contributed by atoms with Crippen LogP contribution in [-0.4, -0.2) is 21.9 Å². The molecule has 116 valence electrons. The molecule has 0 aliphatic carbocycles. The SMILES string of the molecule is CSc1cc(-c2ccc(F)cc2)nn1C(=O)c1ccc(F)cc1. The van der Waals surface area contributed by atoms with E-state index in [1.54, 1.807) is 18.2 Å². The van der Waals surface area contributed by atoms with Crippen molar-refractivity contribution in [1.29, 1.82) is 0 Å². The number of thioether (sulfide) groups is 1. The summed E-state index contributed by atoms with van der Waals surface area (Å²) in [6.07, 6.45) is 1.83. The molecule has 0 aliphatic heterocycles. The first-order chi connectivity index (χ1) is 11.1. The summed E-state index contributed by atoms with van der Waals surface area (Å²) in [7, 11) is 0. The lowest BCUT2D eigenvalue weighted by Crippen LogP contribution is -2.14. The lowest BCUT2D eigenvalue weighted by molar-refractivity contribution is 0.0935. The van der Waals surface area contributed by atoms with Gasteiger partial charge in [-0.1, -0.05) is 0 Å². The van der Waals surface area contributed by atoms with Gasteiger partial charge in [0.25, 0.3) is 5.91 Å². The molecule has 3 aromatic rings. The molecule has 0 amide bonds. The molecule has 0 bridgehead atoms. The second-order valence-corrected chi connectivity index (χ2v) is 5.63. The van der Waals surface area contributed by atoms with Crippen molar-refractivity contribution < 1.29 is 13.6 Å². The molecule has 0 unspecified atom stereocenters. The topological polar surface area (TPSA) is 34.9 Å². The van der Waals surface area contributed by atoms with Gasteiger partial charge in [0.2, 0.25) is 0 Å². The number of benzene rings is 2. The molecule has 0 spiro atoms. The molecule has 3 rings (SSSR count). The lowest BCUT2D eigenvalue weighted by atomic mass is 10.1. The summed E-state index contributed by atoms with van der Waals surface area (Å²) in [5.74, 6) is -1.08. The van der Waals surface area contributed by atoms with Gasteiger partial charge < -0.3 is 0 Å². The first-order valence-electron chi connectivity index (χ1n) is 6.79. The van der Waals surface area contributed by atoms with Crippen LogP contribution in [0.4, 0.5) is 8.78 Å². The van der Waals surface area contributed by atoms with Crippen LogP contribution in [-0.2, 0) is 0 Å². The Morgan fingerprint density at radius 2 is 1.57 bits per heavy atom. The van der Waals surface area contributed by atoms with E-state index in [-0.39, 0.29) is 11.7 Å². The third-order valence-electron chi connectivity index (χ3n) is 3.31. The van der Waals surface area contributed by atoms with Crippen LogP contribution in [0.2, 0.25) is 0 Å². The highest BCUT2D eigenvalue weighted by Crippen LogP contribution is 2.25. The number of aromatic nitrogens is 2. The number of carbonyl (C=O) groups excluding carboxylic acids is 1. The van der Waals surface area contributed by atoms with Crippen molar-refractivity contribution in [2.45, 2.75) is 5.03 Å². The highest BCUT2D eigenvalue weighted by Gasteiger charge is 2.16. The molecule has 0 aliphatic rings. The van der Waals surface area contributed by atoms with Gasteiger partial charge in [-0.3, -0.25) is 4.79 Å². The van der Waals surface area contributed by atoms with Crippen LogP contribution in [0.5, 0.6) is 0 Å². The van der Waals surface area contributed by atoms with Crippen LogP contribution in [0.25, 0.3) is 11.3 Å². The van der Waals surface area contributed by atoms with Crippen LogP contribution < -0.4 is 0 Å². The number of rotatable bonds is 3. The summed E-state index contributed by atoms with van der Waals surface area (Å²) in [5.41, 5.74) is 1.63. The van der Waals surface area contributed by atoms with Gasteiger partial charge in [-0.25, -0.2) is 8.78 Å². The van der Waals surface area contributed by atoms with Crippen LogP contribution in [0.1, 0.15) is 10.4 Å². The average molecular weight is 330 g/mol. The van der Waals surface area contributed by atoms with Crippen LogP contribution in [0, 0.1) is 11.6 Å². The van der Waals surface area contributed by atoms with Gasteiger partial charge in [0, 0.05) is 11.1 Å². The molecular formula is C17H12F2N2OS. The summed E-state index contributed by atoms with van der Waals surface area (Å²) < 4.78 is 27.3. The van der Waals surface area contributed by atoms with Crippen LogP contribution >= 0.6 is 11.8 Å². The number of hydrogen-bond donors (Lipinski definition) is 0. The van der Waals surface area contributed by atoms with Gasteiger partial charge in [-0.05, 0) is 60.9 Å². The second kappa shape index (κ2) is 6.34. The van der Waals surface area contributed by atoms with Crippen molar-refractivity contribution in [1.82, 2.24) is 9.78 Å². The second-order valence-electron chi connectivity index (χ2n) is 4.80. The molecule has 2 aromatic carbocycles. The fraction of sp³-hybridized carbons (Fsp3) is 0.0588. The van der Waals surface area contributed by atoms with Gasteiger partial charge in [0.1, 0.15) is 16.7 Å². The van der Waals surface area contributed by atoms with E-state index in [9.17, 15) is 13.6 Å². The van der Waals surface area contributed by atoms with E-state index in [0.717, 1.165) is 0 Å². The van der Waals surface area contributed by atoms with Crippen molar-refractivity contribution in [2.75, 3.05) is 6.26 Å². The van der Waals surface area contributed by atoms with Crippen molar-refractivity contribution in [3.8, 4) is 11.3 Å². The lowest BCUT2D eigenvalue weighted by Gasteiger charge is -2.04. The van der Waals surface area contributed by atoms with E-state index >= 15 is 0 Å². The number of nitrogens with zero attached hydrogens (tertiary/aromatic N) is 2. The van der Waals surface area contributed by atoms with Crippen molar-refractivity contribution >= 4 is 17.7 Å². The summed E-state index contributed by atoms with van der Waals surface area (Å²) in [6, 6.07) is 13.0. The molecule has 0 N–H and O–H groups in total. The summed E-state index contributed by atoms with van der Waals surface area (Å²) in [4.78, 5) is 12.5. The summed E-state index contributed by atoms with van der Waals surface area (Å²) in [6.45, 7) is 0. The van der Waals surface area contributed by atoms with E-state index < -0.39 is 5.82 Å². The summed E-state index contributed by atoms with van der Waals surface area (Å²) >= 11 is 1.37. The fourth-order valence-electron chi connectivity index (χ4n) is 2.13. The molecule has 0 fully saturated rings. The Balaban J connectivity index is 2.00. The van der Waals surface area contributed by atoms with Crippen molar-refractivity contribution in [3.05, 3.63) is 71.8 Å². The highest BCUT2D eigenvalue weighted by molar-refractivity contribution is 7.98. The minimum absolute atomic E-state index is 0.333. The van der Waals surface area contributed by atoms with Gasteiger partial charge in [0.15, 0.2) is 0 Å². The standard InChI is InChI=1S/C17H12F2N2OS/c1-23-16-10-15(11-2-6-13(18)7-3-11)20-21(16)17(22)12-4-8-14(19)9-5-12/h2-10H,1H3. The molecular weight excluding hydrogens is 318 g/mol. The third kappa shape index (κ3) is 3.17. The minimum atomic E-state index is -0.404. The Morgan fingerprint density at radius 1 is 1.00 bits per heavy atom. The molecule has 1 aromatic heterocycles. The molecule has 0 saturated heterocycles. The zero-order chi connectivity index (χ0) is 16.4. The van der Waals surface area contributed by atoms with Gasteiger partial charge in [-0.2, -0.15) is 9.78 Å². The maximum atomic E-state index is 13.0. The number of halogens is 2. The van der Waals surface area contributed by atoms with Crippen LogP contribution in [0.15, 0.2) is 59.6 Å². The Labute approximate surface area is 135 Å². The Hall–Kier alpha value is -2.47. The molecule has 0 atom stereocenters. The first-order valence-corrected chi connectivity index (χ1v) is 8.01. The molecule has 23 heavy (non-hydrogen) atoms. The van der Waals surface area contributed by atoms with Gasteiger partial charge in [0.05, 0.1) is 5.69 Å². The van der Waals surface area contributed by atoms with E-state index in [1.807, 2.05) is 6.26 Å². The first kappa shape index (κ1) is 15.4. The van der Waals surface area contributed by atoms with Crippen molar-refractivity contribution in [3.63, 3.8) is 0 Å². The normalized spacial score (nSPS) is 10.7. The van der Waals surface area contributed by atoms with E-state index in [2.05, 4.69) is 5.10 Å². The predicted molar refractivity (Wildman–Crippen MR) is 85.5 cm³/mol. The Kier molecular flexibility index (Phi) is 4.25. The molecule has 6 heteroatoms. The highest BCUT2D eigenvalue weighted by atomic mass is 32.2. The van der Waals surface area contributed by atoms with Gasteiger partial charge >= 0.3 is 0 Å².